The van der Waals surface area contributed by atoms with Crippen molar-refractivity contribution in [3.63, 3.8) is 0 Å². The van der Waals surface area contributed by atoms with E-state index in [1.165, 1.54) is 29.0 Å². The number of para-hydroxylation sites is 1. The lowest BCUT2D eigenvalue weighted by molar-refractivity contribution is -0.118. The van der Waals surface area contributed by atoms with Gasteiger partial charge in [0.2, 0.25) is 5.91 Å². The number of carbonyl (C=O) groups is 1. The molecule has 2 aromatic carbocycles. The third-order valence-electron chi connectivity index (χ3n) is 5.17. The summed E-state index contributed by atoms with van der Waals surface area (Å²) in [5.74, 6) is -0.165. The van der Waals surface area contributed by atoms with Gasteiger partial charge in [0, 0.05) is 35.1 Å². The normalized spacial score (nSPS) is 13.7. The molecule has 1 aliphatic heterocycles. The molecule has 0 N–H and O–H groups in total. The Bertz CT molecular complexity index is 1160. The van der Waals surface area contributed by atoms with E-state index in [1.54, 1.807) is 12.1 Å². The van der Waals surface area contributed by atoms with E-state index in [2.05, 4.69) is 11.1 Å². The van der Waals surface area contributed by atoms with Crippen LogP contribution in [0.3, 0.4) is 0 Å². The van der Waals surface area contributed by atoms with E-state index >= 15 is 0 Å². The molecular weight excluding hydrogens is 373 g/mol. The number of aryl methyl sites for hydroxylation is 1. The number of fused-ring (bicyclic) bond motifs is 2. The molecule has 3 heterocycles. The maximum atomic E-state index is 13.2. The van der Waals surface area contributed by atoms with Gasteiger partial charge in [0.25, 0.3) is 0 Å². The van der Waals surface area contributed by atoms with Gasteiger partial charge in [-0.05, 0) is 48.7 Å². The van der Waals surface area contributed by atoms with Crippen LogP contribution in [0.25, 0.3) is 16.2 Å². The van der Waals surface area contributed by atoms with Crippen LogP contribution in [0.2, 0.25) is 0 Å². The number of rotatable bonds is 3. The van der Waals surface area contributed by atoms with Gasteiger partial charge in [0.05, 0.1) is 12.1 Å². The third kappa shape index (κ3) is 2.99. The molecule has 0 saturated carbocycles. The fourth-order valence-electron chi connectivity index (χ4n) is 3.76. The van der Waals surface area contributed by atoms with Crippen molar-refractivity contribution in [2.75, 3.05) is 11.4 Å². The molecule has 0 unspecified atom stereocenters. The van der Waals surface area contributed by atoms with Crippen molar-refractivity contribution < 1.29 is 9.18 Å². The maximum absolute atomic E-state index is 13.2. The average Bonchev–Trinajstić information content (AvgIpc) is 3.30. The molecule has 2 aromatic heterocycles. The molecule has 0 atom stereocenters. The van der Waals surface area contributed by atoms with Crippen LogP contribution in [0, 0.1) is 5.82 Å². The molecule has 1 amide bonds. The predicted octanol–water partition coefficient (Wildman–Crippen LogP) is 4.72. The van der Waals surface area contributed by atoms with Crippen molar-refractivity contribution in [2.24, 2.45) is 0 Å². The molecule has 0 bridgehead atoms. The smallest absolute Gasteiger partial charge is 0.232 e. The number of anilines is 1. The van der Waals surface area contributed by atoms with Gasteiger partial charge < -0.3 is 4.90 Å². The number of nitrogens with zero attached hydrogens (tertiary/aromatic N) is 3. The van der Waals surface area contributed by atoms with Gasteiger partial charge in [-0.2, -0.15) is 0 Å². The Morgan fingerprint density at radius 2 is 1.96 bits per heavy atom. The first-order chi connectivity index (χ1) is 13.7. The summed E-state index contributed by atoms with van der Waals surface area (Å²) in [6.45, 7) is 0.758. The van der Waals surface area contributed by atoms with Gasteiger partial charge >= 0.3 is 0 Å². The minimum absolute atomic E-state index is 0.101. The van der Waals surface area contributed by atoms with Gasteiger partial charge in [0.15, 0.2) is 4.96 Å². The van der Waals surface area contributed by atoms with Crippen LogP contribution in [0.1, 0.15) is 17.7 Å². The molecule has 4 nitrogen and oxygen atoms in total. The Morgan fingerprint density at radius 1 is 1.14 bits per heavy atom. The number of aromatic nitrogens is 2. The maximum Gasteiger partial charge on any atom is 0.232 e. The van der Waals surface area contributed by atoms with Crippen LogP contribution in [0.5, 0.6) is 0 Å². The molecule has 5 rings (SSSR count). The van der Waals surface area contributed by atoms with E-state index in [9.17, 15) is 9.18 Å². The highest BCUT2D eigenvalue weighted by Crippen LogP contribution is 2.28. The lowest BCUT2D eigenvalue weighted by Crippen LogP contribution is -2.36. The summed E-state index contributed by atoms with van der Waals surface area (Å²) < 4.78 is 15.1. The van der Waals surface area contributed by atoms with E-state index < -0.39 is 0 Å². The summed E-state index contributed by atoms with van der Waals surface area (Å²) in [6, 6.07) is 14.4. The quantitative estimate of drug-likeness (QED) is 0.507. The van der Waals surface area contributed by atoms with Crippen molar-refractivity contribution in [1.82, 2.24) is 9.38 Å². The number of thiazole rings is 1. The zero-order valence-electron chi connectivity index (χ0n) is 15.1. The standard InChI is InChI=1S/C22H18FN3OS/c23-17-9-7-15(8-10-17)19-13-26-18(14-28-22(26)24-19)12-21(27)25-11-3-5-16-4-1-2-6-20(16)25/h1-2,4,6-10,13-14H,3,5,11-12H2. The Kier molecular flexibility index (Phi) is 4.20. The second kappa shape index (κ2) is 6.87. The predicted molar refractivity (Wildman–Crippen MR) is 109 cm³/mol. The zero-order chi connectivity index (χ0) is 19.1. The van der Waals surface area contributed by atoms with Gasteiger partial charge in [-0.25, -0.2) is 9.37 Å². The van der Waals surface area contributed by atoms with Crippen LogP contribution in [0.15, 0.2) is 60.1 Å². The molecule has 0 fully saturated rings. The first-order valence-electron chi connectivity index (χ1n) is 9.29. The van der Waals surface area contributed by atoms with Crippen molar-refractivity contribution in [1.29, 1.82) is 0 Å². The van der Waals surface area contributed by atoms with E-state index in [4.69, 9.17) is 0 Å². The summed E-state index contributed by atoms with van der Waals surface area (Å²) in [4.78, 5) is 20.4. The monoisotopic (exact) mass is 391 g/mol. The summed E-state index contributed by atoms with van der Waals surface area (Å²) in [7, 11) is 0. The molecule has 0 radical (unpaired) electrons. The molecule has 0 spiro atoms. The number of amides is 1. The first-order valence-corrected chi connectivity index (χ1v) is 10.2. The molecule has 1 aliphatic rings. The molecule has 0 aliphatic carbocycles. The van der Waals surface area contributed by atoms with Crippen molar-refractivity contribution in [3.05, 3.63) is 77.2 Å². The van der Waals surface area contributed by atoms with E-state index in [0.29, 0.717) is 6.42 Å². The minimum Gasteiger partial charge on any atom is -0.312 e. The fourth-order valence-corrected chi connectivity index (χ4v) is 4.63. The number of halogens is 1. The Balaban J connectivity index is 1.43. The van der Waals surface area contributed by atoms with Gasteiger partial charge in [-0.15, -0.1) is 11.3 Å². The summed E-state index contributed by atoms with van der Waals surface area (Å²) in [6.07, 6.45) is 4.26. The lowest BCUT2D eigenvalue weighted by atomic mass is 10.0. The second-order valence-electron chi connectivity index (χ2n) is 6.97. The Morgan fingerprint density at radius 3 is 2.82 bits per heavy atom. The number of benzene rings is 2. The Hall–Kier alpha value is -2.99. The van der Waals surface area contributed by atoms with Crippen LogP contribution in [0.4, 0.5) is 10.1 Å². The molecule has 4 aromatic rings. The van der Waals surface area contributed by atoms with E-state index in [0.717, 1.165) is 47.0 Å². The first kappa shape index (κ1) is 17.1. The highest BCUT2D eigenvalue weighted by atomic mass is 32.1. The zero-order valence-corrected chi connectivity index (χ0v) is 16.0. The summed E-state index contributed by atoms with van der Waals surface area (Å²) in [5.41, 5.74) is 4.83. The van der Waals surface area contributed by atoms with Crippen molar-refractivity contribution >= 4 is 27.9 Å². The highest BCUT2D eigenvalue weighted by molar-refractivity contribution is 7.15. The van der Waals surface area contributed by atoms with E-state index in [1.807, 2.05) is 39.1 Å². The topological polar surface area (TPSA) is 37.6 Å². The number of hydrogen-bond acceptors (Lipinski definition) is 3. The van der Waals surface area contributed by atoms with Crippen LogP contribution >= 0.6 is 11.3 Å². The van der Waals surface area contributed by atoms with E-state index in [-0.39, 0.29) is 11.7 Å². The van der Waals surface area contributed by atoms with Crippen molar-refractivity contribution in [3.8, 4) is 11.3 Å². The van der Waals surface area contributed by atoms with Crippen LogP contribution in [-0.2, 0) is 17.6 Å². The molecule has 140 valence electrons. The largest absolute Gasteiger partial charge is 0.312 e. The van der Waals surface area contributed by atoms with Crippen LogP contribution < -0.4 is 4.90 Å². The molecule has 0 saturated heterocycles. The van der Waals surface area contributed by atoms with Gasteiger partial charge in [-0.1, -0.05) is 18.2 Å². The Labute approximate surface area is 165 Å². The highest BCUT2D eigenvalue weighted by Gasteiger charge is 2.23. The number of imidazole rings is 1. The second-order valence-corrected chi connectivity index (χ2v) is 7.80. The number of carbonyl (C=O) groups excluding carboxylic acids is 1. The number of hydrogen-bond donors (Lipinski definition) is 0. The lowest BCUT2D eigenvalue weighted by Gasteiger charge is -2.29. The summed E-state index contributed by atoms with van der Waals surface area (Å²) >= 11 is 1.51. The summed E-state index contributed by atoms with van der Waals surface area (Å²) in [5, 5.41) is 1.99. The average molecular weight is 391 g/mol. The third-order valence-corrected chi connectivity index (χ3v) is 6.06. The fraction of sp³-hybridized carbons (Fsp3) is 0.182. The molecular formula is C22H18FN3OS. The van der Waals surface area contributed by atoms with Crippen LogP contribution in [-0.4, -0.2) is 21.8 Å². The molecule has 6 heteroatoms. The van der Waals surface area contributed by atoms with Gasteiger partial charge in [-0.3, -0.25) is 9.20 Å². The SMILES string of the molecule is O=C(Cc1csc2nc(-c3ccc(F)cc3)cn12)N1CCCc2ccccc21. The molecule has 28 heavy (non-hydrogen) atoms. The van der Waals surface area contributed by atoms with Crippen molar-refractivity contribution in [2.45, 2.75) is 19.3 Å². The van der Waals surface area contributed by atoms with Gasteiger partial charge in [0.1, 0.15) is 5.82 Å². The minimum atomic E-state index is -0.266.